The van der Waals surface area contributed by atoms with Crippen molar-refractivity contribution in [1.29, 1.82) is 0 Å². The van der Waals surface area contributed by atoms with Gasteiger partial charge in [-0.25, -0.2) is 9.67 Å². The lowest BCUT2D eigenvalue weighted by Gasteiger charge is -2.09. The van der Waals surface area contributed by atoms with Gasteiger partial charge in [0, 0.05) is 10.6 Å². The van der Waals surface area contributed by atoms with Gasteiger partial charge in [-0.1, -0.05) is 23.7 Å². The van der Waals surface area contributed by atoms with E-state index in [2.05, 4.69) is 15.4 Å². The number of rotatable bonds is 5. The molecule has 0 aliphatic carbocycles. The van der Waals surface area contributed by atoms with E-state index in [1.54, 1.807) is 34.9 Å². The van der Waals surface area contributed by atoms with E-state index in [0.717, 1.165) is 10.5 Å². The van der Waals surface area contributed by atoms with Gasteiger partial charge in [-0.2, -0.15) is 5.10 Å². The molecule has 1 aromatic heterocycles. The van der Waals surface area contributed by atoms with Crippen LogP contribution in [0.1, 0.15) is 15.9 Å². The van der Waals surface area contributed by atoms with Crippen molar-refractivity contribution in [3.8, 4) is 0 Å². The third-order valence-electron chi connectivity index (χ3n) is 3.41. The number of hydrogen-bond donors (Lipinski definition) is 1. The van der Waals surface area contributed by atoms with Crippen LogP contribution in [0.15, 0.2) is 60.0 Å². The van der Waals surface area contributed by atoms with Crippen molar-refractivity contribution in [2.24, 2.45) is 0 Å². The highest BCUT2D eigenvalue weighted by Crippen LogP contribution is 2.24. The van der Waals surface area contributed by atoms with E-state index in [4.69, 9.17) is 11.6 Å². The summed E-state index contributed by atoms with van der Waals surface area (Å²) in [5.74, 6) is -0.228. The number of hydrogen-bond acceptors (Lipinski definition) is 4. The molecule has 24 heavy (non-hydrogen) atoms. The van der Waals surface area contributed by atoms with Gasteiger partial charge in [0.05, 0.1) is 17.1 Å². The molecule has 1 amide bonds. The van der Waals surface area contributed by atoms with Crippen molar-refractivity contribution in [2.75, 3.05) is 11.6 Å². The van der Waals surface area contributed by atoms with E-state index in [-0.39, 0.29) is 5.91 Å². The molecule has 0 saturated heterocycles. The Labute approximate surface area is 149 Å². The molecule has 1 heterocycles. The van der Waals surface area contributed by atoms with Crippen LogP contribution in [0.2, 0.25) is 5.02 Å². The molecule has 0 aliphatic heterocycles. The number of carbonyl (C=O) groups excluding carboxylic acids is 1. The Kier molecular flexibility index (Phi) is 5.17. The summed E-state index contributed by atoms with van der Waals surface area (Å²) >= 11 is 7.72. The Hall–Kier alpha value is -2.31. The summed E-state index contributed by atoms with van der Waals surface area (Å²) in [6.45, 7) is 0.590. The number of aromatic nitrogens is 3. The normalized spacial score (nSPS) is 10.6. The van der Waals surface area contributed by atoms with Gasteiger partial charge in [0.1, 0.15) is 12.7 Å². The fourth-order valence-corrected chi connectivity index (χ4v) is 2.90. The maximum Gasteiger partial charge on any atom is 0.257 e. The summed E-state index contributed by atoms with van der Waals surface area (Å²) in [6.07, 6.45) is 5.10. The van der Waals surface area contributed by atoms with Gasteiger partial charge in [-0.15, -0.1) is 11.8 Å². The van der Waals surface area contributed by atoms with Gasteiger partial charge < -0.3 is 5.32 Å². The van der Waals surface area contributed by atoms with Gasteiger partial charge in [-0.05, 0) is 42.2 Å². The second kappa shape index (κ2) is 7.51. The van der Waals surface area contributed by atoms with Crippen molar-refractivity contribution < 1.29 is 4.79 Å². The highest BCUT2D eigenvalue weighted by molar-refractivity contribution is 7.98. The number of amides is 1. The van der Waals surface area contributed by atoms with E-state index in [0.29, 0.717) is 22.8 Å². The lowest BCUT2D eigenvalue weighted by molar-refractivity contribution is 0.102. The Morgan fingerprint density at radius 3 is 2.92 bits per heavy atom. The number of benzene rings is 2. The zero-order chi connectivity index (χ0) is 16.9. The molecule has 3 aromatic rings. The Morgan fingerprint density at radius 2 is 2.17 bits per heavy atom. The van der Waals surface area contributed by atoms with Gasteiger partial charge in [0.2, 0.25) is 0 Å². The zero-order valence-electron chi connectivity index (χ0n) is 12.9. The van der Waals surface area contributed by atoms with Crippen molar-refractivity contribution in [3.63, 3.8) is 0 Å². The van der Waals surface area contributed by atoms with Crippen LogP contribution in [0.5, 0.6) is 0 Å². The lowest BCUT2D eigenvalue weighted by atomic mass is 10.1. The highest BCUT2D eigenvalue weighted by atomic mass is 35.5. The number of anilines is 1. The first-order chi connectivity index (χ1) is 11.7. The number of nitrogens with zero attached hydrogens (tertiary/aromatic N) is 3. The molecule has 0 spiro atoms. The van der Waals surface area contributed by atoms with Crippen LogP contribution in [0.3, 0.4) is 0 Å². The van der Waals surface area contributed by atoms with E-state index in [9.17, 15) is 4.79 Å². The standard InChI is InChI=1S/C17H15ClN4OS/c1-24-14-5-6-16(18)15(8-14)17(23)21-13-4-2-3-12(7-13)9-22-11-19-10-20-22/h2-8,10-11H,9H2,1H3,(H,21,23). The van der Waals surface area contributed by atoms with Crippen molar-refractivity contribution >= 4 is 35.0 Å². The molecule has 2 aromatic carbocycles. The van der Waals surface area contributed by atoms with Gasteiger partial charge >= 0.3 is 0 Å². The Bertz CT molecular complexity index is 852. The maximum atomic E-state index is 12.5. The highest BCUT2D eigenvalue weighted by Gasteiger charge is 2.12. The van der Waals surface area contributed by atoms with Gasteiger partial charge in [0.25, 0.3) is 5.91 Å². The molecule has 0 saturated carbocycles. The monoisotopic (exact) mass is 358 g/mol. The largest absolute Gasteiger partial charge is 0.322 e. The summed E-state index contributed by atoms with van der Waals surface area (Å²) in [6, 6.07) is 13.0. The summed E-state index contributed by atoms with van der Waals surface area (Å²) < 4.78 is 1.72. The molecule has 0 atom stereocenters. The van der Waals surface area contributed by atoms with Gasteiger partial charge in [-0.3, -0.25) is 4.79 Å². The quantitative estimate of drug-likeness (QED) is 0.701. The summed E-state index contributed by atoms with van der Waals surface area (Å²) in [5, 5.41) is 7.41. The summed E-state index contributed by atoms with van der Waals surface area (Å²) in [4.78, 5) is 17.4. The predicted octanol–water partition coefficient (Wildman–Crippen LogP) is 3.95. The minimum Gasteiger partial charge on any atom is -0.322 e. The first kappa shape index (κ1) is 16.5. The predicted molar refractivity (Wildman–Crippen MR) is 96.8 cm³/mol. The lowest BCUT2D eigenvalue weighted by Crippen LogP contribution is -2.13. The van der Waals surface area contributed by atoms with Crippen LogP contribution < -0.4 is 5.32 Å². The van der Waals surface area contributed by atoms with E-state index in [1.165, 1.54) is 6.33 Å². The van der Waals surface area contributed by atoms with Crippen LogP contribution >= 0.6 is 23.4 Å². The number of carbonyl (C=O) groups is 1. The molecule has 0 unspecified atom stereocenters. The van der Waals surface area contributed by atoms with Crippen LogP contribution in [-0.4, -0.2) is 26.9 Å². The molecule has 0 fully saturated rings. The van der Waals surface area contributed by atoms with E-state index >= 15 is 0 Å². The third kappa shape index (κ3) is 3.96. The fraction of sp³-hybridized carbons (Fsp3) is 0.118. The second-order valence-corrected chi connectivity index (χ2v) is 6.38. The average molecular weight is 359 g/mol. The number of nitrogens with one attached hydrogen (secondary N) is 1. The average Bonchev–Trinajstić information content (AvgIpc) is 3.08. The van der Waals surface area contributed by atoms with Crippen molar-refractivity contribution in [3.05, 3.63) is 71.3 Å². The molecular weight excluding hydrogens is 344 g/mol. The Balaban J connectivity index is 1.77. The zero-order valence-corrected chi connectivity index (χ0v) is 14.5. The molecule has 122 valence electrons. The molecule has 0 aliphatic rings. The first-order valence-corrected chi connectivity index (χ1v) is 8.82. The summed E-state index contributed by atoms with van der Waals surface area (Å²) in [7, 11) is 0. The van der Waals surface area contributed by atoms with Gasteiger partial charge in [0.15, 0.2) is 0 Å². The minimum atomic E-state index is -0.228. The van der Waals surface area contributed by atoms with Crippen molar-refractivity contribution in [1.82, 2.24) is 14.8 Å². The maximum absolute atomic E-state index is 12.5. The smallest absolute Gasteiger partial charge is 0.257 e. The minimum absolute atomic E-state index is 0.228. The van der Waals surface area contributed by atoms with Crippen LogP contribution in [0, 0.1) is 0 Å². The molecule has 5 nitrogen and oxygen atoms in total. The Morgan fingerprint density at radius 1 is 1.29 bits per heavy atom. The SMILES string of the molecule is CSc1ccc(Cl)c(C(=O)Nc2cccc(Cn3cncn3)c2)c1. The first-order valence-electron chi connectivity index (χ1n) is 7.22. The molecular formula is C17H15ClN4OS. The summed E-state index contributed by atoms with van der Waals surface area (Å²) in [5.41, 5.74) is 2.19. The van der Waals surface area contributed by atoms with Crippen LogP contribution in [-0.2, 0) is 6.54 Å². The third-order valence-corrected chi connectivity index (χ3v) is 4.47. The molecule has 3 rings (SSSR count). The molecule has 7 heteroatoms. The van der Waals surface area contributed by atoms with Crippen LogP contribution in [0.25, 0.3) is 0 Å². The molecule has 0 radical (unpaired) electrons. The van der Waals surface area contributed by atoms with Crippen molar-refractivity contribution in [2.45, 2.75) is 11.4 Å². The molecule has 1 N–H and O–H groups in total. The topological polar surface area (TPSA) is 59.8 Å². The number of halogens is 1. The van der Waals surface area contributed by atoms with E-state index < -0.39 is 0 Å². The molecule has 0 bridgehead atoms. The second-order valence-electron chi connectivity index (χ2n) is 5.09. The fourth-order valence-electron chi connectivity index (χ4n) is 2.25. The van der Waals surface area contributed by atoms with E-state index in [1.807, 2.05) is 36.6 Å². The number of thioether (sulfide) groups is 1. The van der Waals surface area contributed by atoms with Crippen LogP contribution in [0.4, 0.5) is 5.69 Å².